The molecule has 0 saturated heterocycles. The Morgan fingerprint density at radius 3 is 2.67 bits per heavy atom. The molecule has 2 nitrogen and oxygen atoms in total. The highest BCUT2D eigenvalue weighted by atomic mass is 127. The van der Waals surface area contributed by atoms with Gasteiger partial charge in [-0.2, -0.15) is 0 Å². The van der Waals surface area contributed by atoms with Crippen molar-refractivity contribution in [2.75, 3.05) is 0 Å². The van der Waals surface area contributed by atoms with Crippen LogP contribution in [0.2, 0.25) is 0 Å². The van der Waals surface area contributed by atoms with E-state index >= 15 is 0 Å². The predicted octanol–water partition coefficient (Wildman–Crippen LogP) is 3.08. The predicted molar refractivity (Wildman–Crippen MR) is 61.8 cm³/mol. The molecule has 1 heterocycles. The van der Waals surface area contributed by atoms with Crippen molar-refractivity contribution in [1.29, 1.82) is 0 Å². The van der Waals surface area contributed by atoms with Gasteiger partial charge in [-0.1, -0.05) is 26.2 Å². The maximum atomic E-state index is 3.98. The Hall–Kier alpha value is -0.0600. The molecular formula is C9H17IN2. The van der Waals surface area contributed by atoms with Crippen LogP contribution in [0.5, 0.6) is 0 Å². The van der Waals surface area contributed by atoms with Gasteiger partial charge in [0.1, 0.15) is 0 Å². The van der Waals surface area contributed by atoms with Crippen LogP contribution in [0, 0.1) is 0 Å². The fourth-order valence-electron chi connectivity index (χ4n) is 1.14. The van der Waals surface area contributed by atoms with Gasteiger partial charge in [-0.25, -0.2) is 4.98 Å². The van der Waals surface area contributed by atoms with Crippen molar-refractivity contribution in [2.24, 2.45) is 0 Å². The first-order chi connectivity index (χ1) is 5.43. The zero-order chi connectivity index (χ0) is 7.94. The van der Waals surface area contributed by atoms with E-state index < -0.39 is 0 Å². The van der Waals surface area contributed by atoms with Crippen molar-refractivity contribution < 1.29 is 0 Å². The number of nitrogens with zero attached hydrogens (tertiary/aromatic N) is 2. The first-order valence-corrected chi connectivity index (χ1v) is 4.39. The molecule has 0 atom stereocenters. The molecule has 70 valence electrons. The van der Waals surface area contributed by atoms with Gasteiger partial charge in [0, 0.05) is 18.9 Å². The Kier molecular flexibility index (Phi) is 7.54. The molecule has 0 saturated carbocycles. The van der Waals surface area contributed by atoms with E-state index in [0.29, 0.717) is 0 Å². The van der Waals surface area contributed by atoms with E-state index in [1.807, 2.05) is 18.7 Å². The molecular weight excluding hydrogens is 263 g/mol. The molecule has 0 aliphatic carbocycles. The molecule has 1 rings (SSSR count). The molecule has 0 radical (unpaired) electrons. The molecule has 1 aromatic heterocycles. The minimum Gasteiger partial charge on any atom is -0.337 e. The Balaban J connectivity index is 0.00000121. The lowest BCUT2D eigenvalue weighted by atomic mass is 10.2. The Morgan fingerprint density at radius 1 is 1.25 bits per heavy atom. The van der Waals surface area contributed by atoms with Crippen LogP contribution >= 0.6 is 24.0 Å². The molecule has 12 heavy (non-hydrogen) atoms. The molecule has 3 heteroatoms. The SMILES string of the molecule is CCCCCCn1ccnc1.I. The fourth-order valence-corrected chi connectivity index (χ4v) is 1.14. The molecule has 0 unspecified atom stereocenters. The van der Waals surface area contributed by atoms with Gasteiger partial charge in [-0.3, -0.25) is 0 Å². The Labute approximate surface area is 91.4 Å². The highest BCUT2D eigenvalue weighted by Crippen LogP contribution is 2.00. The highest BCUT2D eigenvalue weighted by molar-refractivity contribution is 14.0. The van der Waals surface area contributed by atoms with Crippen LogP contribution in [-0.4, -0.2) is 9.55 Å². The van der Waals surface area contributed by atoms with Crippen molar-refractivity contribution in [3.05, 3.63) is 18.7 Å². The number of hydrogen-bond donors (Lipinski definition) is 0. The number of halogens is 1. The van der Waals surface area contributed by atoms with Crippen LogP contribution in [0.25, 0.3) is 0 Å². The minimum absolute atomic E-state index is 0. The minimum atomic E-state index is 0. The van der Waals surface area contributed by atoms with Gasteiger partial charge in [0.25, 0.3) is 0 Å². The van der Waals surface area contributed by atoms with Crippen molar-refractivity contribution in [3.63, 3.8) is 0 Å². The first kappa shape index (κ1) is 11.9. The second kappa shape index (κ2) is 7.58. The maximum Gasteiger partial charge on any atom is 0.0945 e. The van der Waals surface area contributed by atoms with E-state index in [2.05, 4.69) is 16.5 Å². The third-order valence-electron chi connectivity index (χ3n) is 1.83. The van der Waals surface area contributed by atoms with E-state index in [1.165, 1.54) is 25.7 Å². The summed E-state index contributed by atoms with van der Waals surface area (Å²) in [6, 6.07) is 0. The maximum absolute atomic E-state index is 3.98. The van der Waals surface area contributed by atoms with Crippen molar-refractivity contribution >= 4 is 24.0 Å². The fraction of sp³-hybridized carbons (Fsp3) is 0.667. The summed E-state index contributed by atoms with van der Waals surface area (Å²) in [7, 11) is 0. The Morgan fingerprint density at radius 2 is 2.08 bits per heavy atom. The quantitative estimate of drug-likeness (QED) is 0.598. The van der Waals surface area contributed by atoms with Crippen LogP contribution in [0.15, 0.2) is 18.7 Å². The van der Waals surface area contributed by atoms with Gasteiger partial charge in [-0.05, 0) is 6.42 Å². The lowest BCUT2D eigenvalue weighted by Gasteiger charge is -1.99. The summed E-state index contributed by atoms with van der Waals surface area (Å²) in [5.41, 5.74) is 0. The van der Waals surface area contributed by atoms with Crippen LogP contribution in [0.4, 0.5) is 0 Å². The zero-order valence-corrected chi connectivity index (χ0v) is 9.90. The van der Waals surface area contributed by atoms with Crippen LogP contribution in [-0.2, 0) is 6.54 Å². The molecule has 0 aromatic carbocycles. The molecule has 0 fully saturated rings. The van der Waals surface area contributed by atoms with Gasteiger partial charge >= 0.3 is 0 Å². The summed E-state index contributed by atoms with van der Waals surface area (Å²) in [5, 5.41) is 0. The third kappa shape index (κ3) is 4.74. The Bertz CT molecular complexity index is 173. The second-order valence-electron chi connectivity index (χ2n) is 2.86. The van der Waals surface area contributed by atoms with Crippen LogP contribution in [0.3, 0.4) is 0 Å². The summed E-state index contributed by atoms with van der Waals surface area (Å²) in [6.45, 7) is 3.36. The molecule has 0 bridgehead atoms. The number of aromatic nitrogens is 2. The van der Waals surface area contributed by atoms with E-state index in [4.69, 9.17) is 0 Å². The lowest BCUT2D eigenvalue weighted by molar-refractivity contribution is 0.582. The first-order valence-electron chi connectivity index (χ1n) is 4.39. The van der Waals surface area contributed by atoms with Gasteiger partial charge in [0.15, 0.2) is 0 Å². The highest BCUT2D eigenvalue weighted by Gasteiger charge is 1.89. The number of unbranched alkanes of at least 4 members (excludes halogenated alkanes) is 3. The van der Waals surface area contributed by atoms with Crippen LogP contribution in [0.1, 0.15) is 32.6 Å². The number of aryl methyl sites for hydroxylation is 1. The van der Waals surface area contributed by atoms with Gasteiger partial charge in [-0.15, -0.1) is 24.0 Å². The average Bonchev–Trinajstić information content (AvgIpc) is 2.50. The summed E-state index contributed by atoms with van der Waals surface area (Å²) in [4.78, 5) is 3.98. The number of hydrogen-bond acceptors (Lipinski definition) is 1. The lowest BCUT2D eigenvalue weighted by Crippen LogP contribution is -1.93. The van der Waals surface area contributed by atoms with Crippen molar-refractivity contribution in [2.45, 2.75) is 39.2 Å². The standard InChI is InChI=1S/C9H16N2.HI/c1-2-3-4-5-7-11-8-6-10-9-11;/h6,8-9H,2-5,7H2,1H3;1H. The smallest absolute Gasteiger partial charge is 0.0945 e. The summed E-state index contributed by atoms with van der Waals surface area (Å²) in [5.74, 6) is 0. The average molecular weight is 280 g/mol. The molecule has 0 spiro atoms. The van der Waals surface area contributed by atoms with Gasteiger partial charge < -0.3 is 4.57 Å². The van der Waals surface area contributed by atoms with E-state index in [9.17, 15) is 0 Å². The van der Waals surface area contributed by atoms with E-state index in [1.54, 1.807) is 0 Å². The summed E-state index contributed by atoms with van der Waals surface area (Å²) < 4.78 is 2.13. The second-order valence-corrected chi connectivity index (χ2v) is 2.86. The third-order valence-corrected chi connectivity index (χ3v) is 1.83. The number of rotatable bonds is 5. The van der Waals surface area contributed by atoms with Crippen molar-refractivity contribution in [3.8, 4) is 0 Å². The summed E-state index contributed by atoms with van der Waals surface area (Å²) >= 11 is 0. The zero-order valence-electron chi connectivity index (χ0n) is 7.57. The topological polar surface area (TPSA) is 17.8 Å². The van der Waals surface area contributed by atoms with E-state index in [0.717, 1.165) is 6.54 Å². The van der Waals surface area contributed by atoms with Gasteiger partial charge in [0.05, 0.1) is 6.33 Å². The molecule has 0 aliphatic heterocycles. The molecule has 0 aliphatic rings. The largest absolute Gasteiger partial charge is 0.337 e. The van der Waals surface area contributed by atoms with Crippen LogP contribution < -0.4 is 0 Å². The molecule has 1 aromatic rings. The molecule has 0 N–H and O–H groups in total. The summed E-state index contributed by atoms with van der Waals surface area (Å²) in [6.07, 6.45) is 11.0. The van der Waals surface area contributed by atoms with E-state index in [-0.39, 0.29) is 24.0 Å². The van der Waals surface area contributed by atoms with Crippen molar-refractivity contribution in [1.82, 2.24) is 9.55 Å². The molecule has 0 amide bonds. The normalized spacial score (nSPS) is 9.42. The monoisotopic (exact) mass is 280 g/mol. The number of imidazole rings is 1. The van der Waals surface area contributed by atoms with Gasteiger partial charge in [0.2, 0.25) is 0 Å².